The molecule has 2 aromatic rings. The molecule has 8 nitrogen and oxygen atoms in total. The quantitative estimate of drug-likeness (QED) is 0.792. The van der Waals surface area contributed by atoms with Crippen molar-refractivity contribution in [3.63, 3.8) is 0 Å². The van der Waals surface area contributed by atoms with Crippen molar-refractivity contribution in [1.29, 1.82) is 0 Å². The summed E-state index contributed by atoms with van der Waals surface area (Å²) in [5.74, 6) is -0.956. The Morgan fingerprint density at radius 2 is 2.31 bits per heavy atom. The molecule has 1 N–H and O–H groups in total. The van der Waals surface area contributed by atoms with Crippen LogP contribution >= 0.6 is 0 Å². The van der Waals surface area contributed by atoms with Crippen LogP contribution in [-0.2, 0) is 7.05 Å². The van der Waals surface area contributed by atoms with Gasteiger partial charge in [0.2, 0.25) is 11.6 Å². The largest absolute Gasteiger partial charge is 0.479 e. The van der Waals surface area contributed by atoms with Gasteiger partial charge in [-0.2, -0.15) is 0 Å². The second-order valence-electron chi connectivity index (χ2n) is 2.99. The average Bonchev–Trinajstić information content (AvgIpc) is 2.82. The number of carboxylic acid groups (broad SMARTS) is 1. The molecular weight excluding hydrogens is 216 g/mol. The van der Waals surface area contributed by atoms with E-state index in [1.165, 1.54) is 11.8 Å². The minimum atomic E-state index is -1.22. The van der Waals surface area contributed by atoms with Gasteiger partial charge in [0, 0.05) is 13.2 Å². The summed E-state index contributed by atoms with van der Waals surface area (Å²) in [5.41, 5.74) is 0.243. The summed E-state index contributed by atoms with van der Waals surface area (Å²) in [6, 6.07) is 0. The summed E-state index contributed by atoms with van der Waals surface area (Å²) >= 11 is 0. The SMILES string of the molecule is COc1nn(C)cc1-c1nonc1C(=O)O. The molecule has 0 aliphatic heterocycles. The maximum absolute atomic E-state index is 10.8. The monoisotopic (exact) mass is 224 g/mol. The molecular formula is C8H8N4O4. The van der Waals surface area contributed by atoms with Crippen LogP contribution in [0.3, 0.4) is 0 Å². The zero-order valence-electron chi connectivity index (χ0n) is 8.54. The molecule has 0 saturated carbocycles. The predicted molar refractivity (Wildman–Crippen MR) is 50.0 cm³/mol. The van der Waals surface area contributed by atoms with Crippen LogP contribution < -0.4 is 4.74 Å². The van der Waals surface area contributed by atoms with Crippen molar-refractivity contribution in [3.8, 4) is 17.1 Å². The van der Waals surface area contributed by atoms with Crippen LogP contribution in [0.5, 0.6) is 5.88 Å². The Morgan fingerprint density at radius 1 is 1.56 bits per heavy atom. The number of carbonyl (C=O) groups is 1. The van der Waals surface area contributed by atoms with E-state index in [1.807, 2.05) is 0 Å². The van der Waals surface area contributed by atoms with Crippen molar-refractivity contribution >= 4 is 5.97 Å². The van der Waals surface area contributed by atoms with Crippen molar-refractivity contribution in [2.45, 2.75) is 0 Å². The Morgan fingerprint density at radius 3 is 2.94 bits per heavy atom. The lowest BCUT2D eigenvalue weighted by Crippen LogP contribution is -1.99. The molecule has 2 aromatic heterocycles. The summed E-state index contributed by atoms with van der Waals surface area (Å²) in [6.07, 6.45) is 1.57. The topological polar surface area (TPSA) is 103 Å². The number of aromatic carboxylic acids is 1. The first-order chi connectivity index (χ1) is 7.63. The number of ether oxygens (including phenoxy) is 1. The number of hydrogen-bond acceptors (Lipinski definition) is 6. The average molecular weight is 224 g/mol. The van der Waals surface area contributed by atoms with Gasteiger partial charge in [-0.15, -0.1) is 5.10 Å². The third-order valence-corrected chi connectivity index (χ3v) is 1.93. The molecule has 0 aliphatic carbocycles. The van der Waals surface area contributed by atoms with Gasteiger partial charge >= 0.3 is 5.97 Å². The van der Waals surface area contributed by atoms with Gasteiger partial charge < -0.3 is 9.84 Å². The van der Waals surface area contributed by atoms with Gasteiger partial charge in [-0.1, -0.05) is 0 Å². The maximum Gasteiger partial charge on any atom is 0.360 e. The first-order valence-electron chi connectivity index (χ1n) is 4.27. The molecule has 16 heavy (non-hydrogen) atoms. The van der Waals surface area contributed by atoms with Gasteiger partial charge in [-0.05, 0) is 10.3 Å². The molecule has 2 heterocycles. The molecule has 0 fully saturated rings. The summed E-state index contributed by atoms with van der Waals surface area (Å²) in [4.78, 5) is 10.8. The predicted octanol–water partition coefficient (Wildman–Crippen LogP) is 0.177. The Kier molecular flexibility index (Phi) is 2.31. The lowest BCUT2D eigenvalue weighted by atomic mass is 10.2. The van der Waals surface area contributed by atoms with E-state index in [4.69, 9.17) is 9.84 Å². The van der Waals surface area contributed by atoms with E-state index < -0.39 is 5.97 Å². The van der Waals surface area contributed by atoms with Gasteiger partial charge in [-0.25, -0.2) is 9.42 Å². The minimum Gasteiger partial charge on any atom is -0.479 e. The Labute approximate surface area is 89.4 Å². The number of aromatic nitrogens is 4. The lowest BCUT2D eigenvalue weighted by Gasteiger charge is -1.95. The normalized spacial score (nSPS) is 10.4. The van der Waals surface area contributed by atoms with Crippen LogP contribution in [0.25, 0.3) is 11.3 Å². The Balaban J connectivity index is 2.57. The molecule has 0 radical (unpaired) electrons. The van der Waals surface area contributed by atoms with Crippen molar-refractivity contribution in [3.05, 3.63) is 11.9 Å². The summed E-state index contributed by atoms with van der Waals surface area (Å²) in [6.45, 7) is 0. The highest BCUT2D eigenvalue weighted by atomic mass is 16.6. The van der Waals surface area contributed by atoms with Gasteiger partial charge in [0.1, 0.15) is 0 Å². The number of hydrogen-bond donors (Lipinski definition) is 1. The molecule has 0 unspecified atom stereocenters. The molecule has 0 amide bonds. The zero-order chi connectivity index (χ0) is 11.7. The van der Waals surface area contributed by atoms with Crippen LogP contribution in [-0.4, -0.2) is 38.3 Å². The highest BCUT2D eigenvalue weighted by Gasteiger charge is 2.23. The first kappa shape index (κ1) is 10.1. The molecule has 0 aromatic carbocycles. The minimum absolute atomic E-state index is 0.0949. The van der Waals surface area contributed by atoms with E-state index in [0.717, 1.165) is 0 Å². The fraction of sp³-hybridized carbons (Fsp3) is 0.250. The molecule has 0 spiro atoms. The van der Waals surface area contributed by atoms with Crippen molar-refractivity contribution < 1.29 is 19.3 Å². The van der Waals surface area contributed by atoms with Crippen LogP contribution in [0.1, 0.15) is 10.5 Å². The van der Waals surface area contributed by atoms with Crippen LogP contribution in [0.2, 0.25) is 0 Å². The summed E-state index contributed by atoms with van der Waals surface area (Å²) in [7, 11) is 3.11. The summed E-state index contributed by atoms with van der Waals surface area (Å²) < 4.78 is 10.9. The van der Waals surface area contributed by atoms with Crippen molar-refractivity contribution in [1.82, 2.24) is 20.1 Å². The zero-order valence-corrected chi connectivity index (χ0v) is 8.54. The third-order valence-electron chi connectivity index (χ3n) is 1.93. The second kappa shape index (κ2) is 3.65. The molecule has 2 rings (SSSR count). The smallest absolute Gasteiger partial charge is 0.360 e. The lowest BCUT2D eigenvalue weighted by molar-refractivity contribution is 0.0685. The van der Waals surface area contributed by atoms with E-state index in [0.29, 0.717) is 5.56 Å². The molecule has 84 valence electrons. The van der Waals surface area contributed by atoms with E-state index in [1.54, 1.807) is 13.2 Å². The summed E-state index contributed by atoms with van der Waals surface area (Å²) in [5, 5.41) is 19.7. The van der Waals surface area contributed by atoms with Crippen LogP contribution in [0, 0.1) is 0 Å². The van der Waals surface area contributed by atoms with Gasteiger partial charge in [0.25, 0.3) is 0 Å². The van der Waals surface area contributed by atoms with Crippen molar-refractivity contribution in [2.24, 2.45) is 7.05 Å². The molecule has 0 atom stereocenters. The van der Waals surface area contributed by atoms with E-state index in [9.17, 15) is 4.79 Å². The highest BCUT2D eigenvalue weighted by Crippen LogP contribution is 2.28. The van der Waals surface area contributed by atoms with Crippen LogP contribution in [0.15, 0.2) is 10.8 Å². The molecule has 8 heteroatoms. The molecule has 0 saturated heterocycles. The fourth-order valence-electron chi connectivity index (χ4n) is 1.29. The van der Waals surface area contributed by atoms with E-state index in [2.05, 4.69) is 20.0 Å². The van der Waals surface area contributed by atoms with E-state index >= 15 is 0 Å². The van der Waals surface area contributed by atoms with Crippen molar-refractivity contribution in [2.75, 3.05) is 7.11 Å². The number of methoxy groups -OCH3 is 1. The standard InChI is InChI=1S/C8H8N4O4/c1-12-3-4(7(9-12)15-2)5-6(8(13)14)11-16-10-5/h3H,1-2H3,(H,13,14). The number of nitrogens with zero attached hydrogens (tertiary/aromatic N) is 4. The third kappa shape index (κ3) is 1.49. The van der Waals surface area contributed by atoms with E-state index in [-0.39, 0.29) is 17.3 Å². The second-order valence-corrected chi connectivity index (χ2v) is 2.99. The molecule has 0 aliphatic rings. The maximum atomic E-state index is 10.8. The Hall–Kier alpha value is -2.38. The first-order valence-corrected chi connectivity index (χ1v) is 4.27. The number of carboxylic acids is 1. The van der Waals surface area contributed by atoms with Gasteiger partial charge in [0.05, 0.1) is 12.7 Å². The highest BCUT2D eigenvalue weighted by molar-refractivity contribution is 5.92. The van der Waals surface area contributed by atoms with Gasteiger partial charge in [-0.3, -0.25) is 4.68 Å². The fourth-order valence-corrected chi connectivity index (χ4v) is 1.29. The van der Waals surface area contributed by atoms with Gasteiger partial charge in [0.15, 0.2) is 5.69 Å². The number of aryl methyl sites for hydroxylation is 1. The van der Waals surface area contributed by atoms with Crippen LogP contribution in [0.4, 0.5) is 0 Å². The Bertz CT molecular complexity index is 530. The number of rotatable bonds is 3. The molecule has 0 bridgehead atoms.